The van der Waals surface area contributed by atoms with E-state index in [1.165, 1.54) is 0 Å². The molecule has 1 aromatic rings. The van der Waals surface area contributed by atoms with E-state index in [1.54, 1.807) is 18.0 Å². The van der Waals surface area contributed by atoms with Crippen molar-refractivity contribution in [2.24, 2.45) is 11.7 Å². The highest BCUT2D eigenvalue weighted by atomic mass is 35.5. The first-order valence-electron chi connectivity index (χ1n) is 5.64. The maximum absolute atomic E-state index is 12.1. The van der Waals surface area contributed by atoms with Crippen LogP contribution in [0.2, 0.25) is 5.02 Å². The average molecular weight is 291 g/mol. The molecular formula is C13H20Cl2N2O. The summed E-state index contributed by atoms with van der Waals surface area (Å²) in [4.78, 5) is 13.7. The lowest BCUT2D eigenvalue weighted by Crippen LogP contribution is -2.39. The summed E-state index contributed by atoms with van der Waals surface area (Å²) in [6.45, 7) is 5.59. The number of carbonyl (C=O) groups is 1. The first-order chi connectivity index (χ1) is 7.84. The van der Waals surface area contributed by atoms with Crippen molar-refractivity contribution in [3.8, 4) is 0 Å². The van der Waals surface area contributed by atoms with Gasteiger partial charge in [0.15, 0.2) is 0 Å². The molecule has 1 rings (SSSR count). The molecule has 0 spiro atoms. The Kier molecular flexibility index (Phi) is 6.68. The second kappa shape index (κ2) is 6.98. The van der Waals surface area contributed by atoms with Gasteiger partial charge in [-0.1, -0.05) is 24.6 Å². The molecule has 2 N–H and O–H groups in total. The van der Waals surface area contributed by atoms with Gasteiger partial charge >= 0.3 is 0 Å². The number of hydrogen-bond donors (Lipinski definition) is 1. The Morgan fingerprint density at radius 1 is 1.39 bits per heavy atom. The molecule has 0 aliphatic heterocycles. The van der Waals surface area contributed by atoms with Crippen LogP contribution in [0.1, 0.15) is 19.4 Å². The van der Waals surface area contributed by atoms with Crippen LogP contribution in [0.5, 0.6) is 0 Å². The Hall–Kier alpha value is -0.770. The molecule has 2 unspecified atom stereocenters. The van der Waals surface area contributed by atoms with Gasteiger partial charge < -0.3 is 10.6 Å². The van der Waals surface area contributed by atoms with Crippen molar-refractivity contribution in [1.29, 1.82) is 0 Å². The van der Waals surface area contributed by atoms with Crippen LogP contribution in [0.3, 0.4) is 0 Å². The van der Waals surface area contributed by atoms with Gasteiger partial charge in [0.1, 0.15) is 0 Å². The summed E-state index contributed by atoms with van der Waals surface area (Å²) in [5.41, 5.74) is 7.52. The Bertz CT molecular complexity index is 421. The number of nitrogens with two attached hydrogens (primary N) is 1. The van der Waals surface area contributed by atoms with Gasteiger partial charge in [0, 0.05) is 23.8 Å². The molecule has 0 radical (unpaired) electrons. The number of halogens is 2. The van der Waals surface area contributed by atoms with E-state index in [1.807, 2.05) is 32.9 Å². The molecule has 0 bridgehead atoms. The topological polar surface area (TPSA) is 46.3 Å². The van der Waals surface area contributed by atoms with E-state index in [0.29, 0.717) is 5.02 Å². The maximum atomic E-state index is 12.1. The first kappa shape index (κ1) is 17.2. The summed E-state index contributed by atoms with van der Waals surface area (Å²) in [7, 11) is 1.74. The standard InChI is InChI=1S/C13H19ClN2O.ClH/c1-8-5-6-11(7-12(8)14)16(4)13(17)9(2)10(3)15;/h5-7,9-10H,15H2,1-4H3;1H. The van der Waals surface area contributed by atoms with Crippen LogP contribution in [0.15, 0.2) is 18.2 Å². The zero-order valence-corrected chi connectivity index (χ0v) is 12.7. The smallest absolute Gasteiger partial charge is 0.231 e. The lowest BCUT2D eigenvalue weighted by Gasteiger charge is -2.23. The van der Waals surface area contributed by atoms with Gasteiger partial charge in [0.2, 0.25) is 5.91 Å². The number of nitrogens with zero attached hydrogens (tertiary/aromatic N) is 1. The molecule has 3 nitrogen and oxygen atoms in total. The lowest BCUT2D eigenvalue weighted by molar-refractivity contribution is -0.122. The molecule has 0 fully saturated rings. The highest BCUT2D eigenvalue weighted by Gasteiger charge is 2.21. The average Bonchev–Trinajstić information content (AvgIpc) is 2.29. The minimum absolute atomic E-state index is 0. The van der Waals surface area contributed by atoms with E-state index in [2.05, 4.69) is 0 Å². The lowest BCUT2D eigenvalue weighted by atomic mass is 10.0. The van der Waals surface area contributed by atoms with Gasteiger partial charge in [-0.05, 0) is 31.5 Å². The van der Waals surface area contributed by atoms with E-state index < -0.39 is 0 Å². The van der Waals surface area contributed by atoms with E-state index >= 15 is 0 Å². The molecule has 5 heteroatoms. The van der Waals surface area contributed by atoms with Crippen LogP contribution in [0.4, 0.5) is 5.69 Å². The van der Waals surface area contributed by atoms with Crippen molar-refractivity contribution in [3.05, 3.63) is 28.8 Å². The SMILES string of the molecule is Cc1ccc(N(C)C(=O)C(C)C(C)N)cc1Cl.Cl. The molecule has 102 valence electrons. The van der Waals surface area contributed by atoms with E-state index in [9.17, 15) is 4.79 Å². The number of rotatable bonds is 3. The molecule has 1 aromatic carbocycles. The predicted octanol–water partition coefficient (Wildman–Crippen LogP) is 3.02. The predicted molar refractivity (Wildman–Crippen MR) is 79.7 cm³/mol. The minimum atomic E-state index is -0.208. The van der Waals surface area contributed by atoms with Crippen molar-refractivity contribution in [2.75, 3.05) is 11.9 Å². The van der Waals surface area contributed by atoms with Crippen molar-refractivity contribution >= 4 is 35.6 Å². The fourth-order valence-corrected chi connectivity index (χ4v) is 1.62. The van der Waals surface area contributed by atoms with Gasteiger partial charge in [-0.25, -0.2) is 0 Å². The van der Waals surface area contributed by atoms with Crippen molar-refractivity contribution in [1.82, 2.24) is 0 Å². The van der Waals surface area contributed by atoms with Crippen LogP contribution < -0.4 is 10.6 Å². The Morgan fingerprint density at radius 2 is 1.94 bits per heavy atom. The highest BCUT2D eigenvalue weighted by molar-refractivity contribution is 6.31. The molecule has 0 aliphatic rings. The van der Waals surface area contributed by atoms with Crippen LogP contribution in [-0.2, 0) is 4.79 Å². The van der Waals surface area contributed by atoms with Crippen LogP contribution in [-0.4, -0.2) is 19.0 Å². The number of carbonyl (C=O) groups excluding carboxylic acids is 1. The molecule has 0 saturated heterocycles. The summed E-state index contributed by atoms with van der Waals surface area (Å²) in [5, 5.41) is 0.663. The van der Waals surface area contributed by atoms with Crippen molar-refractivity contribution < 1.29 is 4.79 Å². The molecular weight excluding hydrogens is 271 g/mol. The van der Waals surface area contributed by atoms with Crippen LogP contribution in [0, 0.1) is 12.8 Å². The number of aryl methyl sites for hydroxylation is 1. The third-order valence-electron chi connectivity index (χ3n) is 3.05. The summed E-state index contributed by atoms with van der Waals surface area (Å²) < 4.78 is 0. The van der Waals surface area contributed by atoms with Gasteiger partial charge in [-0.2, -0.15) is 0 Å². The Balaban J connectivity index is 0.00000289. The normalized spacial score (nSPS) is 13.4. The molecule has 0 saturated carbocycles. The van der Waals surface area contributed by atoms with E-state index in [4.69, 9.17) is 17.3 Å². The number of amides is 1. The number of hydrogen-bond acceptors (Lipinski definition) is 2. The fraction of sp³-hybridized carbons (Fsp3) is 0.462. The second-order valence-electron chi connectivity index (χ2n) is 4.48. The van der Waals surface area contributed by atoms with Gasteiger partial charge in [0.25, 0.3) is 0 Å². The molecule has 1 amide bonds. The Labute approximate surface area is 120 Å². The summed E-state index contributed by atoms with van der Waals surface area (Å²) >= 11 is 6.04. The van der Waals surface area contributed by atoms with Crippen molar-refractivity contribution in [3.63, 3.8) is 0 Å². The van der Waals surface area contributed by atoms with Gasteiger partial charge in [-0.15, -0.1) is 12.4 Å². The van der Waals surface area contributed by atoms with E-state index in [0.717, 1.165) is 11.3 Å². The summed E-state index contributed by atoms with van der Waals surface area (Å²) in [6.07, 6.45) is 0. The molecule has 0 aromatic heterocycles. The minimum Gasteiger partial charge on any atom is -0.327 e. The van der Waals surface area contributed by atoms with E-state index in [-0.39, 0.29) is 30.3 Å². The monoisotopic (exact) mass is 290 g/mol. The molecule has 0 heterocycles. The quantitative estimate of drug-likeness (QED) is 0.930. The third-order valence-corrected chi connectivity index (χ3v) is 3.46. The summed E-state index contributed by atoms with van der Waals surface area (Å²) in [6, 6.07) is 5.42. The third kappa shape index (κ3) is 3.87. The van der Waals surface area contributed by atoms with Crippen LogP contribution >= 0.6 is 24.0 Å². The highest BCUT2D eigenvalue weighted by Crippen LogP contribution is 2.23. The maximum Gasteiger partial charge on any atom is 0.231 e. The second-order valence-corrected chi connectivity index (χ2v) is 4.89. The van der Waals surface area contributed by atoms with Crippen LogP contribution in [0.25, 0.3) is 0 Å². The Morgan fingerprint density at radius 3 is 2.39 bits per heavy atom. The molecule has 0 aliphatic carbocycles. The molecule has 18 heavy (non-hydrogen) atoms. The molecule has 2 atom stereocenters. The fourth-order valence-electron chi connectivity index (χ4n) is 1.45. The van der Waals surface area contributed by atoms with Crippen molar-refractivity contribution in [2.45, 2.75) is 26.8 Å². The number of anilines is 1. The van der Waals surface area contributed by atoms with Gasteiger partial charge in [0.05, 0.1) is 5.92 Å². The zero-order chi connectivity index (χ0) is 13.2. The zero-order valence-electron chi connectivity index (χ0n) is 11.1. The summed E-state index contributed by atoms with van der Waals surface area (Å²) in [5.74, 6) is -0.208. The largest absolute Gasteiger partial charge is 0.327 e. The first-order valence-corrected chi connectivity index (χ1v) is 6.01. The number of benzene rings is 1. The van der Waals surface area contributed by atoms with Gasteiger partial charge in [-0.3, -0.25) is 4.79 Å².